The lowest BCUT2D eigenvalue weighted by Gasteiger charge is -2.05. The second-order valence-electron chi connectivity index (χ2n) is 6.04. The van der Waals surface area contributed by atoms with Gasteiger partial charge in [0.25, 0.3) is 0 Å². The first-order valence-corrected chi connectivity index (χ1v) is 8.57. The number of benzene rings is 2. The number of hydrogen-bond donors (Lipinski definition) is 0. The number of fused-ring (bicyclic) bond motifs is 1. The average molecular weight is 361 g/mol. The Morgan fingerprint density at radius 2 is 1.85 bits per heavy atom. The molecule has 0 aliphatic carbocycles. The summed E-state index contributed by atoms with van der Waals surface area (Å²) in [5, 5.41) is 0.827. The van der Waals surface area contributed by atoms with Crippen LogP contribution in [-0.4, -0.2) is 17.6 Å². The fourth-order valence-electron chi connectivity index (χ4n) is 2.89. The molecule has 0 atom stereocenters. The third kappa shape index (κ3) is 3.44. The van der Waals surface area contributed by atoms with Gasteiger partial charge in [0.05, 0.1) is 12.2 Å². The van der Waals surface area contributed by atoms with Gasteiger partial charge in [-0.1, -0.05) is 12.1 Å². The third-order valence-corrected chi connectivity index (χ3v) is 4.21. The Hall–Kier alpha value is -3.47. The van der Waals surface area contributed by atoms with Gasteiger partial charge in [0.2, 0.25) is 5.71 Å². The van der Waals surface area contributed by atoms with Crippen molar-refractivity contribution < 1.29 is 18.3 Å². The van der Waals surface area contributed by atoms with Crippen LogP contribution < -0.4 is 0 Å². The number of ether oxygens (including phenoxy) is 1. The number of halogens is 1. The van der Waals surface area contributed by atoms with Crippen LogP contribution >= 0.6 is 0 Å². The SMILES string of the molecule is CCOC(=O)c1cccc(-c2cnc3oc(-c4ccc(F)cc4)cc3c2)c1. The zero-order valence-corrected chi connectivity index (χ0v) is 14.6. The van der Waals surface area contributed by atoms with Crippen molar-refractivity contribution in [2.45, 2.75) is 6.92 Å². The molecule has 0 saturated heterocycles. The van der Waals surface area contributed by atoms with Crippen molar-refractivity contribution in [3.05, 3.63) is 78.2 Å². The van der Waals surface area contributed by atoms with Gasteiger partial charge >= 0.3 is 5.97 Å². The van der Waals surface area contributed by atoms with Crippen molar-refractivity contribution in [1.29, 1.82) is 0 Å². The van der Waals surface area contributed by atoms with Crippen LogP contribution in [0.4, 0.5) is 4.39 Å². The number of carbonyl (C=O) groups excluding carboxylic acids is 1. The smallest absolute Gasteiger partial charge is 0.338 e. The Morgan fingerprint density at radius 3 is 2.63 bits per heavy atom. The number of aromatic nitrogens is 1. The maximum atomic E-state index is 13.1. The van der Waals surface area contributed by atoms with Crippen molar-refractivity contribution in [1.82, 2.24) is 4.98 Å². The lowest BCUT2D eigenvalue weighted by Crippen LogP contribution is -2.04. The van der Waals surface area contributed by atoms with Gasteiger partial charge in [0, 0.05) is 22.7 Å². The zero-order chi connectivity index (χ0) is 18.8. The first-order chi connectivity index (χ1) is 13.1. The van der Waals surface area contributed by atoms with Gasteiger partial charge in [-0.2, -0.15) is 0 Å². The highest BCUT2D eigenvalue weighted by atomic mass is 19.1. The van der Waals surface area contributed by atoms with Crippen LogP contribution in [0.5, 0.6) is 0 Å². The highest BCUT2D eigenvalue weighted by molar-refractivity contribution is 5.91. The van der Waals surface area contributed by atoms with Crippen molar-refractivity contribution in [2.75, 3.05) is 6.61 Å². The Labute approximate surface area is 155 Å². The van der Waals surface area contributed by atoms with Crippen molar-refractivity contribution >= 4 is 17.1 Å². The monoisotopic (exact) mass is 361 g/mol. The molecule has 2 aromatic carbocycles. The van der Waals surface area contributed by atoms with Gasteiger partial charge in [0.15, 0.2) is 0 Å². The molecule has 27 heavy (non-hydrogen) atoms. The fraction of sp³-hybridized carbons (Fsp3) is 0.0909. The quantitative estimate of drug-likeness (QED) is 0.452. The predicted molar refractivity (Wildman–Crippen MR) is 101 cm³/mol. The van der Waals surface area contributed by atoms with Gasteiger partial charge in [-0.25, -0.2) is 14.2 Å². The summed E-state index contributed by atoms with van der Waals surface area (Å²) < 4.78 is 23.9. The maximum Gasteiger partial charge on any atom is 0.338 e. The molecule has 4 aromatic rings. The molecular weight excluding hydrogens is 345 g/mol. The van der Waals surface area contributed by atoms with E-state index in [1.807, 2.05) is 24.3 Å². The molecule has 0 aliphatic rings. The number of hydrogen-bond acceptors (Lipinski definition) is 4. The van der Waals surface area contributed by atoms with E-state index in [4.69, 9.17) is 9.15 Å². The van der Waals surface area contributed by atoms with Gasteiger partial charge in [-0.15, -0.1) is 0 Å². The lowest BCUT2D eigenvalue weighted by atomic mass is 10.0. The summed E-state index contributed by atoms with van der Waals surface area (Å²) in [5.74, 6) is -0.0260. The van der Waals surface area contributed by atoms with Gasteiger partial charge in [0.1, 0.15) is 11.6 Å². The molecule has 5 heteroatoms. The van der Waals surface area contributed by atoms with Crippen molar-refractivity contribution in [3.63, 3.8) is 0 Å². The molecule has 0 amide bonds. The second kappa shape index (κ2) is 7.03. The molecule has 0 unspecified atom stereocenters. The minimum Gasteiger partial charge on any atom is -0.462 e. The first-order valence-electron chi connectivity index (χ1n) is 8.57. The summed E-state index contributed by atoms with van der Waals surface area (Å²) in [6.07, 6.45) is 1.70. The Morgan fingerprint density at radius 1 is 1.04 bits per heavy atom. The van der Waals surface area contributed by atoms with E-state index in [0.29, 0.717) is 23.6 Å². The van der Waals surface area contributed by atoms with Crippen molar-refractivity contribution in [2.24, 2.45) is 0 Å². The summed E-state index contributed by atoms with van der Waals surface area (Å²) in [5.41, 5.74) is 3.49. The number of esters is 1. The number of nitrogens with zero attached hydrogens (tertiary/aromatic N) is 1. The summed E-state index contributed by atoms with van der Waals surface area (Å²) in [6, 6.07) is 17.1. The molecular formula is C22H16FNO3. The van der Waals surface area contributed by atoms with E-state index >= 15 is 0 Å². The van der Waals surface area contributed by atoms with Crippen molar-refractivity contribution in [3.8, 4) is 22.5 Å². The summed E-state index contributed by atoms with van der Waals surface area (Å²) >= 11 is 0. The summed E-state index contributed by atoms with van der Waals surface area (Å²) in [7, 11) is 0. The Kier molecular flexibility index (Phi) is 4.42. The molecule has 134 valence electrons. The molecule has 2 heterocycles. The molecule has 0 N–H and O–H groups in total. The van der Waals surface area contributed by atoms with Gasteiger partial charge < -0.3 is 9.15 Å². The molecule has 2 aromatic heterocycles. The average Bonchev–Trinajstić information content (AvgIpc) is 3.12. The van der Waals surface area contributed by atoms with Crippen LogP contribution in [0.3, 0.4) is 0 Å². The Balaban J connectivity index is 1.70. The van der Waals surface area contributed by atoms with Crippen LogP contribution in [-0.2, 0) is 4.74 Å². The van der Waals surface area contributed by atoms with E-state index in [2.05, 4.69) is 4.98 Å². The minimum atomic E-state index is -0.352. The fourth-order valence-corrected chi connectivity index (χ4v) is 2.89. The van der Waals surface area contributed by atoms with E-state index in [1.54, 1.807) is 37.4 Å². The molecule has 0 saturated carbocycles. The molecule has 0 aliphatic heterocycles. The van der Waals surface area contributed by atoms with Crippen LogP contribution in [0.1, 0.15) is 17.3 Å². The standard InChI is InChI=1S/C22H16FNO3/c1-2-26-22(25)16-5-3-4-15(10-16)18-11-17-12-20(27-21(17)24-13-18)14-6-8-19(23)9-7-14/h3-13H,2H2,1H3. The predicted octanol–water partition coefficient (Wildman–Crippen LogP) is 5.48. The molecule has 4 nitrogen and oxygen atoms in total. The first kappa shape index (κ1) is 17.0. The molecule has 0 fully saturated rings. The van der Waals surface area contributed by atoms with E-state index in [9.17, 15) is 9.18 Å². The van der Waals surface area contributed by atoms with Crippen LogP contribution in [0.25, 0.3) is 33.6 Å². The molecule has 0 bridgehead atoms. The normalized spacial score (nSPS) is 10.9. The maximum absolute atomic E-state index is 13.1. The molecule has 0 radical (unpaired) electrons. The van der Waals surface area contributed by atoms with Crippen LogP contribution in [0.15, 0.2) is 71.3 Å². The van der Waals surface area contributed by atoms with Crippen LogP contribution in [0.2, 0.25) is 0 Å². The van der Waals surface area contributed by atoms with Gasteiger partial charge in [-0.05, 0) is 61.0 Å². The van der Waals surface area contributed by atoms with E-state index < -0.39 is 0 Å². The molecule has 0 spiro atoms. The number of rotatable bonds is 4. The highest BCUT2D eigenvalue weighted by Crippen LogP contribution is 2.30. The third-order valence-electron chi connectivity index (χ3n) is 4.21. The summed E-state index contributed by atoms with van der Waals surface area (Å²) in [4.78, 5) is 16.3. The number of pyridine rings is 1. The van der Waals surface area contributed by atoms with E-state index in [-0.39, 0.29) is 11.8 Å². The van der Waals surface area contributed by atoms with Gasteiger partial charge in [-0.3, -0.25) is 0 Å². The topological polar surface area (TPSA) is 52.3 Å². The van der Waals surface area contributed by atoms with E-state index in [1.165, 1.54) is 12.1 Å². The summed E-state index contributed by atoms with van der Waals surface area (Å²) in [6.45, 7) is 2.11. The lowest BCUT2D eigenvalue weighted by molar-refractivity contribution is 0.0526. The van der Waals surface area contributed by atoms with E-state index in [0.717, 1.165) is 22.1 Å². The molecule has 4 rings (SSSR count). The highest BCUT2D eigenvalue weighted by Gasteiger charge is 2.11. The Bertz CT molecular complexity index is 1120. The number of carbonyl (C=O) groups is 1. The second-order valence-corrected chi connectivity index (χ2v) is 6.04. The minimum absolute atomic E-state index is 0.295. The zero-order valence-electron chi connectivity index (χ0n) is 14.6. The van der Waals surface area contributed by atoms with Crippen LogP contribution in [0, 0.1) is 5.82 Å². The largest absolute Gasteiger partial charge is 0.462 e. The number of furan rings is 1.